The highest BCUT2D eigenvalue weighted by Crippen LogP contribution is 2.31. The van der Waals surface area contributed by atoms with Gasteiger partial charge in [-0.25, -0.2) is 28.7 Å². The molecule has 40 heavy (non-hydrogen) atoms. The van der Waals surface area contributed by atoms with Crippen molar-refractivity contribution in [3.8, 4) is 0 Å². The average Bonchev–Trinajstić information content (AvgIpc) is 3.57. The van der Waals surface area contributed by atoms with Crippen molar-refractivity contribution in [3.63, 3.8) is 0 Å². The Morgan fingerprint density at radius 3 is 2.48 bits per heavy atom. The maximum absolute atomic E-state index is 15.3. The van der Waals surface area contributed by atoms with Crippen LogP contribution in [0, 0.1) is 11.6 Å². The summed E-state index contributed by atoms with van der Waals surface area (Å²) in [6.45, 7) is 4.23. The second-order valence-corrected chi connectivity index (χ2v) is 10.5. The Kier molecular flexibility index (Phi) is 7.14. The highest BCUT2D eigenvalue weighted by Gasteiger charge is 2.27. The number of anilines is 1. The summed E-state index contributed by atoms with van der Waals surface area (Å²) in [6.07, 6.45) is 9.05. The lowest BCUT2D eigenvalue weighted by molar-refractivity contribution is 0.0764. The number of carbonyl (C=O) groups excluding carboxylic acids is 1. The molecule has 1 N–H and O–H groups in total. The van der Waals surface area contributed by atoms with Crippen LogP contribution in [0.1, 0.15) is 59.4 Å². The topological polar surface area (TPSA) is 100 Å². The number of piperidine rings is 1. The molecule has 11 heteroatoms. The molecule has 6 rings (SSSR count). The van der Waals surface area contributed by atoms with Gasteiger partial charge in [0.2, 0.25) is 5.95 Å². The third-order valence-electron chi connectivity index (χ3n) is 7.99. The number of hydrogen-bond donors (Lipinski definition) is 1. The molecule has 0 radical (unpaired) electrons. The van der Waals surface area contributed by atoms with Crippen molar-refractivity contribution in [2.75, 3.05) is 31.1 Å². The van der Waals surface area contributed by atoms with E-state index in [-0.39, 0.29) is 35.9 Å². The van der Waals surface area contributed by atoms with Crippen LogP contribution >= 0.6 is 0 Å². The van der Waals surface area contributed by atoms with Crippen molar-refractivity contribution in [1.82, 2.24) is 29.4 Å². The van der Waals surface area contributed by atoms with Gasteiger partial charge in [0.15, 0.2) is 5.82 Å². The first-order valence-electron chi connectivity index (χ1n) is 13.7. The summed E-state index contributed by atoms with van der Waals surface area (Å²) in [4.78, 5) is 34.0. The van der Waals surface area contributed by atoms with E-state index in [0.717, 1.165) is 37.9 Å². The van der Waals surface area contributed by atoms with Gasteiger partial charge in [0.25, 0.3) is 5.91 Å². The molecule has 0 bridgehead atoms. The van der Waals surface area contributed by atoms with Crippen LogP contribution in [0.4, 0.5) is 14.7 Å². The van der Waals surface area contributed by atoms with E-state index in [4.69, 9.17) is 0 Å². The summed E-state index contributed by atoms with van der Waals surface area (Å²) in [7, 11) is 0. The van der Waals surface area contributed by atoms with Crippen molar-refractivity contribution in [3.05, 3.63) is 77.1 Å². The maximum atomic E-state index is 15.3. The molecular formula is C29H31F2N7O2. The van der Waals surface area contributed by atoms with Crippen LogP contribution in [0.3, 0.4) is 0 Å². The standard InChI is InChI=1S/C29H31F2N7O2/c1-2-18-13-32-29(33-14-18)36-8-5-21(6-9-36)38-16-24(31)26-25(34-17-35-27(26)38)12-19-3-4-20(11-23(19)30)28(40)37-10-7-22(39)15-37/h3-4,11,13-14,16-17,21-22,39H,2,5-10,12,15H2,1H3/t22-/m0/s1. The van der Waals surface area contributed by atoms with Crippen LogP contribution in [0.15, 0.2) is 43.1 Å². The number of carbonyl (C=O) groups is 1. The SMILES string of the molecule is CCc1cnc(N2CCC(n3cc(F)c4c(Cc5ccc(C(=O)N6CC[C@H](O)C6)cc5F)ncnc43)CC2)nc1. The summed E-state index contributed by atoms with van der Waals surface area (Å²) in [6, 6.07) is 4.36. The monoisotopic (exact) mass is 547 g/mol. The number of amides is 1. The number of likely N-dealkylation sites (tertiary alicyclic amines) is 1. The van der Waals surface area contributed by atoms with Crippen molar-refractivity contribution in [1.29, 1.82) is 0 Å². The molecule has 2 aliphatic heterocycles. The Hall–Kier alpha value is -3.99. The van der Waals surface area contributed by atoms with E-state index >= 15 is 8.78 Å². The molecule has 2 aliphatic rings. The number of hydrogen-bond acceptors (Lipinski definition) is 7. The normalized spacial score (nSPS) is 18.1. The van der Waals surface area contributed by atoms with E-state index < -0.39 is 17.7 Å². The summed E-state index contributed by atoms with van der Waals surface area (Å²) < 4.78 is 32.3. The van der Waals surface area contributed by atoms with Gasteiger partial charge < -0.3 is 19.5 Å². The lowest BCUT2D eigenvalue weighted by Crippen LogP contribution is -2.35. The fourth-order valence-corrected chi connectivity index (χ4v) is 5.66. The second kappa shape index (κ2) is 10.9. The molecule has 5 heterocycles. The molecule has 4 aromatic rings. The summed E-state index contributed by atoms with van der Waals surface area (Å²) in [5.74, 6) is -0.605. The molecule has 3 aromatic heterocycles. The molecule has 1 aromatic carbocycles. The molecule has 0 spiro atoms. The minimum Gasteiger partial charge on any atom is -0.391 e. The van der Waals surface area contributed by atoms with Crippen LogP contribution in [0.2, 0.25) is 0 Å². The molecule has 2 saturated heterocycles. The van der Waals surface area contributed by atoms with Gasteiger partial charge in [0, 0.05) is 62.8 Å². The highest BCUT2D eigenvalue weighted by molar-refractivity contribution is 5.94. The van der Waals surface area contributed by atoms with Gasteiger partial charge >= 0.3 is 0 Å². The third-order valence-corrected chi connectivity index (χ3v) is 7.99. The zero-order chi connectivity index (χ0) is 27.8. The van der Waals surface area contributed by atoms with E-state index in [1.54, 1.807) is 12.1 Å². The zero-order valence-corrected chi connectivity index (χ0v) is 22.3. The molecule has 0 unspecified atom stereocenters. The van der Waals surface area contributed by atoms with Crippen molar-refractivity contribution < 1.29 is 18.7 Å². The number of benzene rings is 1. The van der Waals surface area contributed by atoms with E-state index in [1.807, 2.05) is 17.0 Å². The molecule has 1 amide bonds. The lowest BCUT2D eigenvalue weighted by atomic mass is 10.0. The Bertz CT molecular complexity index is 1530. The van der Waals surface area contributed by atoms with Crippen LogP contribution in [0.25, 0.3) is 11.0 Å². The van der Waals surface area contributed by atoms with Crippen LogP contribution in [-0.4, -0.2) is 72.7 Å². The third kappa shape index (κ3) is 5.01. The number of β-amino-alcohol motifs (C(OH)–C–C–N with tert-alkyl or cyclic N) is 1. The fourth-order valence-electron chi connectivity index (χ4n) is 5.66. The van der Waals surface area contributed by atoms with E-state index in [0.29, 0.717) is 35.8 Å². The number of aromatic nitrogens is 5. The average molecular weight is 548 g/mol. The summed E-state index contributed by atoms with van der Waals surface area (Å²) >= 11 is 0. The van der Waals surface area contributed by atoms with Crippen molar-refractivity contribution in [2.45, 2.75) is 51.2 Å². The van der Waals surface area contributed by atoms with E-state index in [9.17, 15) is 9.90 Å². The van der Waals surface area contributed by atoms with Crippen LogP contribution < -0.4 is 4.90 Å². The number of aliphatic hydroxyl groups is 1. The number of fused-ring (bicyclic) bond motifs is 1. The van der Waals surface area contributed by atoms with Crippen molar-refractivity contribution in [2.24, 2.45) is 0 Å². The molecule has 0 aliphatic carbocycles. The quantitative estimate of drug-likeness (QED) is 0.393. The first-order valence-corrected chi connectivity index (χ1v) is 13.7. The van der Waals surface area contributed by atoms with Gasteiger partial charge in [-0.05, 0) is 48.9 Å². The van der Waals surface area contributed by atoms with Gasteiger partial charge in [0.1, 0.15) is 17.8 Å². The summed E-state index contributed by atoms with van der Waals surface area (Å²) in [5, 5.41) is 9.99. The lowest BCUT2D eigenvalue weighted by Gasteiger charge is -2.32. The first kappa shape index (κ1) is 26.2. The number of aliphatic hydroxyl groups excluding tert-OH is 1. The van der Waals surface area contributed by atoms with Gasteiger partial charge in [-0.2, -0.15) is 0 Å². The molecule has 0 saturated carbocycles. The van der Waals surface area contributed by atoms with Gasteiger partial charge in [-0.15, -0.1) is 0 Å². The molecule has 2 fully saturated rings. The van der Waals surface area contributed by atoms with Gasteiger partial charge in [-0.3, -0.25) is 4.79 Å². The minimum atomic E-state index is -0.557. The molecule has 9 nitrogen and oxygen atoms in total. The Labute approximate surface area is 230 Å². The molecular weight excluding hydrogens is 516 g/mol. The van der Waals surface area contributed by atoms with E-state index in [2.05, 4.69) is 31.8 Å². The number of halogens is 2. The van der Waals surface area contributed by atoms with E-state index in [1.165, 1.54) is 23.5 Å². The number of aryl methyl sites for hydroxylation is 1. The Balaban J connectivity index is 1.19. The minimum absolute atomic E-state index is 0.0482. The Morgan fingerprint density at radius 2 is 1.80 bits per heavy atom. The number of rotatable bonds is 6. The van der Waals surface area contributed by atoms with Crippen molar-refractivity contribution >= 4 is 22.9 Å². The summed E-state index contributed by atoms with van der Waals surface area (Å²) in [5.41, 5.74) is 2.51. The molecule has 1 atom stereocenters. The largest absolute Gasteiger partial charge is 0.391 e. The van der Waals surface area contributed by atoms with Crippen LogP contribution in [0.5, 0.6) is 0 Å². The molecule has 208 valence electrons. The highest BCUT2D eigenvalue weighted by atomic mass is 19.1. The fraction of sp³-hybridized carbons (Fsp3) is 0.414. The maximum Gasteiger partial charge on any atom is 0.254 e. The first-order chi connectivity index (χ1) is 19.4. The Morgan fingerprint density at radius 1 is 1.02 bits per heavy atom. The smallest absolute Gasteiger partial charge is 0.254 e. The van der Waals surface area contributed by atoms with Gasteiger partial charge in [-0.1, -0.05) is 13.0 Å². The van der Waals surface area contributed by atoms with Crippen LogP contribution in [-0.2, 0) is 12.8 Å². The number of nitrogens with zero attached hydrogens (tertiary/aromatic N) is 7. The van der Waals surface area contributed by atoms with Gasteiger partial charge in [0.05, 0.1) is 17.2 Å². The predicted octanol–water partition coefficient (Wildman–Crippen LogP) is 3.70. The second-order valence-electron chi connectivity index (χ2n) is 10.5. The predicted molar refractivity (Wildman–Crippen MR) is 145 cm³/mol. The zero-order valence-electron chi connectivity index (χ0n) is 22.3.